The predicted molar refractivity (Wildman–Crippen MR) is 149 cm³/mol. The molecule has 0 bridgehead atoms. The number of amides is 1. The topological polar surface area (TPSA) is 89.0 Å². The van der Waals surface area contributed by atoms with E-state index in [-0.39, 0.29) is 16.3 Å². The number of hydrogen-bond acceptors (Lipinski definition) is 7. The van der Waals surface area contributed by atoms with Crippen molar-refractivity contribution in [3.63, 3.8) is 0 Å². The molecule has 1 aliphatic rings. The number of anilines is 1. The molecule has 1 unspecified atom stereocenters. The fourth-order valence-electron chi connectivity index (χ4n) is 4.51. The van der Waals surface area contributed by atoms with Crippen molar-refractivity contribution in [3.8, 4) is 11.5 Å². The Morgan fingerprint density at radius 2 is 1.73 bits per heavy atom. The maximum absolute atomic E-state index is 13.9. The van der Waals surface area contributed by atoms with Crippen molar-refractivity contribution in [1.82, 2.24) is 4.98 Å². The molecule has 206 valence electrons. The monoisotopic (exact) mass is 564 g/mol. The van der Waals surface area contributed by atoms with Crippen LogP contribution in [0.4, 0.5) is 13.9 Å². The number of Topliss-reactive ketones (excluding diaryl/α,β-unsaturated/α-hetero) is 1. The van der Waals surface area contributed by atoms with Crippen molar-refractivity contribution >= 4 is 44.1 Å². The number of fused-ring (bicyclic) bond motifs is 1. The van der Waals surface area contributed by atoms with Gasteiger partial charge in [0.25, 0.3) is 5.78 Å². The maximum Gasteiger partial charge on any atom is 0.301 e. The average Bonchev–Trinajstić information content (AvgIpc) is 3.47. The van der Waals surface area contributed by atoms with E-state index >= 15 is 0 Å². The van der Waals surface area contributed by atoms with Crippen LogP contribution < -0.4 is 14.4 Å². The third-order valence-corrected chi connectivity index (χ3v) is 7.46. The summed E-state index contributed by atoms with van der Waals surface area (Å²) >= 11 is 1.05. The SMILES string of the molecule is CCCCOc1ccc(C2C(=C(O)c3ccc(F)cc3)C(=O)C(=O)N2c2nc3ccc(F)cc3s2)cc1OCC. The molecule has 1 fully saturated rings. The highest BCUT2D eigenvalue weighted by Crippen LogP contribution is 2.46. The first kappa shape index (κ1) is 27.3. The molecule has 2 heterocycles. The minimum atomic E-state index is -1.10. The Hall–Kier alpha value is -4.31. The molecule has 0 spiro atoms. The van der Waals surface area contributed by atoms with Crippen LogP contribution in [0.25, 0.3) is 16.0 Å². The lowest BCUT2D eigenvalue weighted by Gasteiger charge is -2.24. The van der Waals surface area contributed by atoms with Gasteiger partial charge in [0.2, 0.25) is 0 Å². The van der Waals surface area contributed by atoms with Crippen LogP contribution >= 0.6 is 11.3 Å². The number of hydrogen-bond donors (Lipinski definition) is 1. The Morgan fingerprint density at radius 3 is 2.45 bits per heavy atom. The minimum absolute atomic E-state index is 0.159. The van der Waals surface area contributed by atoms with E-state index < -0.39 is 35.1 Å². The molecule has 1 aromatic heterocycles. The molecular formula is C30H26F2N2O5S. The second-order valence-corrected chi connectivity index (χ2v) is 10.1. The van der Waals surface area contributed by atoms with Gasteiger partial charge >= 0.3 is 5.91 Å². The molecule has 4 aromatic rings. The van der Waals surface area contributed by atoms with Gasteiger partial charge in [0.05, 0.1) is 35.0 Å². The van der Waals surface area contributed by atoms with Gasteiger partial charge in [-0.25, -0.2) is 13.8 Å². The number of aliphatic hydroxyl groups is 1. The van der Waals surface area contributed by atoms with E-state index in [1.54, 1.807) is 18.2 Å². The molecule has 1 atom stereocenters. The van der Waals surface area contributed by atoms with Crippen LogP contribution in [0.15, 0.2) is 66.2 Å². The van der Waals surface area contributed by atoms with Gasteiger partial charge in [0.1, 0.15) is 17.4 Å². The molecule has 10 heteroatoms. The van der Waals surface area contributed by atoms with Crippen LogP contribution in [0.1, 0.15) is 43.9 Å². The molecule has 1 amide bonds. The number of carbonyl (C=O) groups excluding carboxylic acids is 2. The lowest BCUT2D eigenvalue weighted by molar-refractivity contribution is -0.132. The van der Waals surface area contributed by atoms with Gasteiger partial charge < -0.3 is 14.6 Å². The molecule has 1 saturated heterocycles. The molecule has 5 rings (SSSR count). The van der Waals surface area contributed by atoms with Gasteiger partial charge in [-0.1, -0.05) is 30.7 Å². The number of unbranched alkanes of at least 4 members (excludes halogenated alkanes) is 1. The largest absolute Gasteiger partial charge is 0.507 e. The van der Waals surface area contributed by atoms with Crippen molar-refractivity contribution < 1.29 is 33.0 Å². The highest BCUT2D eigenvalue weighted by Gasteiger charge is 2.48. The number of benzene rings is 3. The summed E-state index contributed by atoms with van der Waals surface area (Å²) < 4.78 is 39.7. The Kier molecular flexibility index (Phi) is 7.79. The Morgan fingerprint density at radius 1 is 0.975 bits per heavy atom. The Balaban J connectivity index is 1.69. The number of ether oxygens (including phenoxy) is 2. The molecule has 3 aromatic carbocycles. The third kappa shape index (κ3) is 5.14. The predicted octanol–water partition coefficient (Wildman–Crippen LogP) is 6.78. The molecule has 0 saturated carbocycles. The molecule has 0 aliphatic carbocycles. The van der Waals surface area contributed by atoms with Crippen molar-refractivity contribution in [2.45, 2.75) is 32.7 Å². The summed E-state index contributed by atoms with van der Waals surface area (Å²) in [5, 5.41) is 11.4. The van der Waals surface area contributed by atoms with Gasteiger partial charge in [-0.15, -0.1) is 0 Å². The van der Waals surface area contributed by atoms with Crippen LogP contribution in [-0.4, -0.2) is 35.0 Å². The first-order chi connectivity index (χ1) is 19.3. The summed E-state index contributed by atoms with van der Waals surface area (Å²) in [4.78, 5) is 32.6. The third-order valence-electron chi connectivity index (χ3n) is 6.45. The Labute approximate surface area is 233 Å². The number of ketones is 1. The molecule has 0 radical (unpaired) electrons. The summed E-state index contributed by atoms with van der Waals surface area (Å²) in [5.74, 6) is -2.36. The number of nitrogens with zero attached hydrogens (tertiary/aromatic N) is 2. The van der Waals surface area contributed by atoms with Crippen molar-refractivity contribution in [1.29, 1.82) is 0 Å². The van der Waals surface area contributed by atoms with E-state index in [1.165, 1.54) is 35.2 Å². The molecule has 1 N–H and O–H groups in total. The van der Waals surface area contributed by atoms with E-state index in [1.807, 2.05) is 6.92 Å². The Bertz CT molecular complexity index is 1620. The van der Waals surface area contributed by atoms with Gasteiger partial charge in [-0.2, -0.15) is 0 Å². The lowest BCUT2D eigenvalue weighted by atomic mass is 9.95. The number of rotatable bonds is 9. The normalized spacial score (nSPS) is 16.6. The van der Waals surface area contributed by atoms with E-state index in [2.05, 4.69) is 11.9 Å². The fourth-order valence-corrected chi connectivity index (χ4v) is 5.52. The van der Waals surface area contributed by atoms with Crippen LogP contribution in [-0.2, 0) is 9.59 Å². The summed E-state index contributed by atoms with van der Waals surface area (Å²) in [6, 6.07) is 13.0. The quantitative estimate of drug-likeness (QED) is 0.104. The number of carbonyl (C=O) groups is 2. The van der Waals surface area contributed by atoms with Crippen molar-refractivity contribution in [2.24, 2.45) is 0 Å². The zero-order valence-electron chi connectivity index (χ0n) is 21.8. The van der Waals surface area contributed by atoms with Crippen LogP contribution in [0.3, 0.4) is 0 Å². The first-order valence-electron chi connectivity index (χ1n) is 12.8. The van der Waals surface area contributed by atoms with Gasteiger partial charge in [-0.05, 0) is 73.5 Å². The average molecular weight is 565 g/mol. The highest BCUT2D eigenvalue weighted by atomic mass is 32.1. The molecule has 7 nitrogen and oxygen atoms in total. The zero-order valence-corrected chi connectivity index (χ0v) is 22.6. The van der Waals surface area contributed by atoms with Gasteiger partial charge in [0, 0.05) is 5.56 Å². The molecule has 1 aliphatic heterocycles. The minimum Gasteiger partial charge on any atom is -0.507 e. The molecular weight excluding hydrogens is 538 g/mol. The van der Waals surface area contributed by atoms with Crippen LogP contribution in [0.5, 0.6) is 11.5 Å². The number of halogens is 2. The number of aliphatic hydroxyl groups excluding tert-OH is 1. The first-order valence-corrected chi connectivity index (χ1v) is 13.7. The van der Waals surface area contributed by atoms with E-state index in [0.717, 1.165) is 36.3 Å². The fraction of sp³-hybridized carbons (Fsp3) is 0.233. The zero-order chi connectivity index (χ0) is 28.4. The van der Waals surface area contributed by atoms with E-state index in [9.17, 15) is 23.5 Å². The molecule has 40 heavy (non-hydrogen) atoms. The van der Waals surface area contributed by atoms with Crippen molar-refractivity contribution in [2.75, 3.05) is 18.1 Å². The highest BCUT2D eigenvalue weighted by molar-refractivity contribution is 7.22. The van der Waals surface area contributed by atoms with Crippen LogP contribution in [0.2, 0.25) is 0 Å². The number of thiazole rings is 1. The summed E-state index contributed by atoms with van der Waals surface area (Å²) in [7, 11) is 0. The second kappa shape index (κ2) is 11.4. The lowest BCUT2D eigenvalue weighted by Crippen LogP contribution is -2.29. The van der Waals surface area contributed by atoms with E-state index in [0.29, 0.717) is 40.5 Å². The van der Waals surface area contributed by atoms with Crippen LogP contribution in [0, 0.1) is 11.6 Å². The van der Waals surface area contributed by atoms with Gasteiger partial charge in [-0.3, -0.25) is 14.5 Å². The van der Waals surface area contributed by atoms with E-state index in [4.69, 9.17) is 9.47 Å². The van der Waals surface area contributed by atoms with Gasteiger partial charge in [0.15, 0.2) is 16.6 Å². The summed E-state index contributed by atoms with van der Waals surface area (Å²) in [5.41, 5.74) is 0.888. The van der Waals surface area contributed by atoms with Crippen molar-refractivity contribution in [3.05, 3.63) is 89.0 Å². The second-order valence-electron chi connectivity index (χ2n) is 9.13. The standard InChI is InChI=1S/C30H26F2N2O5S/c1-3-5-14-39-22-13-8-18(15-23(22)38-4-2)26-25(27(35)17-6-9-19(31)10-7-17)28(36)29(37)34(26)30-33-21-12-11-20(32)16-24(21)40-30/h6-13,15-16,26,35H,3-5,14H2,1-2H3. The smallest absolute Gasteiger partial charge is 0.301 e. The number of aromatic nitrogens is 1. The summed E-state index contributed by atoms with van der Waals surface area (Å²) in [6.45, 7) is 4.70. The maximum atomic E-state index is 13.9. The summed E-state index contributed by atoms with van der Waals surface area (Å²) in [6.07, 6.45) is 1.80.